The third-order valence-corrected chi connectivity index (χ3v) is 5.20. The van der Waals surface area contributed by atoms with Gasteiger partial charge in [-0.2, -0.15) is 0 Å². The molecule has 3 rings (SSSR count). The Bertz CT molecular complexity index is 821. The maximum absolute atomic E-state index is 12.6. The van der Waals surface area contributed by atoms with Gasteiger partial charge in [-0.25, -0.2) is 0 Å². The second-order valence-electron chi connectivity index (χ2n) is 5.22. The number of amides is 1. The van der Waals surface area contributed by atoms with E-state index in [-0.39, 0.29) is 5.91 Å². The zero-order valence-electron chi connectivity index (χ0n) is 13.0. The molecular weight excluding hydrogens is 322 g/mol. The summed E-state index contributed by atoms with van der Waals surface area (Å²) in [6.45, 7) is 2.06. The van der Waals surface area contributed by atoms with Crippen LogP contribution in [0.3, 0.4) is 0 Å². The summed E-state index contributed by atoms with van der Waals surface area (Å²) in [4.78, 5) is 14.5. The van der Waals surface area contributed by atoms with Crippen LogP contribution in [0.25, 0.3) is 11.1 Å². The molecule has 23 heavy (non-hydrogen) atoms. The number of thioether (sulfide) groups is 1. The second kappa shape index (κ2) is 7.02. The Morgan fingerprint density at radius 2 is 1.87 bits per heavy atom. The van der Waals surface area contributed by atoms with E-state index in [2.05, 4.69) is 36.5 Å². The molecule has 116 valence electrons. The molecule has 0 aliphatic heterocycles. The van der Waals surface area contributed by atoms with E-state index in [0.29, 0.717) is 0 Å². The molecule has 0 fully saturated rings. The van der Waals surface area contributed by atoms with Crippen molar-refractivity contribution in [1.29, 1.82) is 0 Å². The highest BCUT2D eigenvalue weighted by molar-refractivity contribution is 7.98. The molecule has 0 aliphatic rings. The smallest absolute Gasteiger partial charge is 0.266 e. The standard InChI is InChI=1S/C19H17NOS2/c1-13-6-8-14(9-7-13)17-10-11-23-18(17)19(21)20-15-4-3-5-16(12-15)22-2/h3-12H,1-2H3,(H,20,21). The molecule has 0 aliphatic carbocycles. The van der Waals surface area contributed by atoms with Crippen LogP contribution in [0.15, 0.2) is 64.9 Å². The lowest BCUT2D eigenvalue weighted by molar-refractivity contribution is 0.103. The van der Waals surface area contributed by atoms with Gasteiger partial charge in [-0.05, 0) is 48.4 Å². The molecule has 1 amide bonds. The van der Waals surface area contributed by atoms with Crippen LogP contribution in [-0.2, 0) is 0 Å². The Hall–Kier alpha value is -2.04. The van der Waals surface area contributed by atoms with E-state index in [4.69, 9.17) is 0 Å². The number of hydrogen-bond acceptors (Lipinski definition) is 3. The number of rotatable bonds is 4. The maximum atomic E-state index is 12.6. The predicted molar refractivity (Wildman–Crippen MR) is 101 cm³/mol. The van der Waals surface area contributed by atoms with Crippen molar-refractivity contribution in [3.05, 3.63) is 70.4 Å². The predicted octanol–water partition coefficient (Wildman–Crippen LogP) is 5.70. The van der Waals surface area contributed by atoms with E-state index < -0.39 is 0 Å². The van der Waals surface area contributed by atoms with Gasteiger partial charge in [0.2, 0.25) is 0 Å². The zero-order valence-corrected chi connectivity index (χ0v) is 14.6. The summed E-state index contributed by atoms with van der Waals surface area (Å²) >= 11 is 3.13. The van der Waals surface area contributed by atoms with Gasteiger partial charge < -0.3 is 5.32 Å². The fourth-order valence-electron chi connectivity index (χ4n) is 2.33. The highest BCUT2D eigenvalue weighted by Crippen LogP contribution is 2.29. The quantitative estimate of drug-likeness (QED) is 0.618. The van der Waals surface area contributed by atoms with Crippen LogP contribution in [0.5, 0.6) is 0 Å². The summed E-state index contributed by atoms with van der Waals surface area (Å²) in [5, 5.41) is 4.96. The van der Waals surface area contributed by atoms with Crippen LogP contribution >= 0.6 is 23.1 Å². The van der Waals surface area contributed by atoms with E-state index in [1.807, 2.05) is 42.0 Å². The number of carbonyl (C=O) groups is 1. The molecular formula is C19H17NOS2. The Balaban J connectivity index is 1.86. The van der Waals surface area contributed by atoms with Crippen LogP contribution in [-0.4, -0.2) is 12.2 Å². The van der Waals surface area contributed by atoms with Crippen molar-refractivity contribution in [3.8, 4) is 11.1 Å². The first-order valence-corrected chi connectivity index (χ1v) is 9.38. The molecule has 0 spiro atoms. The highest BCUT2D eigenvalue weighted by atomic mass is 32.2. The average molecular weight is 339 g/mol. The van der Waals surface area contributed by atoms with Crippen molar-refractivity contribution in [2.24, 2.45) is 0 Å². The first kappa shape index (κ1) is 15.8. The second-order valence-corrected chi connectivity index (χ2v) is 7.01. The Morgan fingerprint density at radius 1 is 1.09 bits per heavy atom. The summed E-state index contributed by atoms with van der Waals surface area (Å²) in [6, 6.07) is 18.1. The third kappa shape index (κ3) is 3.66. The number of anilines is 1. The molecule has 1 aromatic heterocycles. The van der Waals surface area contributed by atoms with Crippen LogP contribution in [0.4, 0.5) is 5.69 Å². The van der Waals surface area contributed by atoms with Gasteiger partial charge in [-0.3, -0.25) is 4.79 Å². The molecule has 1 N–H and O–H groups in total. The van der Waals surface area contributed by atoms with Crippen molar-refractivity contribution in [3.63, 3.8) is 0 Å². The first-order valence-electron chi connectivity index (χ1n) is 7.27. The van der Waals surface area contributed by atoms with Crippen LogP contribution in [0, 0.1) is 6.92 Å². The molecule has 0 saturated heterocycles. The normalized spacial score (nSPS) is 10.5. The molecule has 2 nitrogen and oxygen atoms in total. The fraction of sp³-hybridized carbons (Fsp3) is 0.105. The average Bonchev–Trinajstić information content (AvgIpc) is 3.05. The Kier molecular flexibility index (Phi) is 4.84. The van der Waals surface area contributed by atoms with Gasteiger partial charge in [-0.1, -0.05) is 35.9 Å². The minimum absolute atomic E-state index is 0.0613. The molecule has 0 radical (unpaired) electrons. The Labute approximate surface area is 144 Å². The Morgan fingerprint density at radius 3 is 2.61 bits per heavy atom. The lowest BCUT2D eigenvalue weighted by Gasteiger charge is -2.08. The number of aryl methyl sites for hydroxylation is 1. The highest BCUT2D eigenvalue weighted by Gasteiger charge is 2.15. The number of nitrogens with one attached hydrogen (secondary N) is 1. The molecule has 0 saturated carbocycles. The van der Waals surface area contributed by atoms with Gasteiger partial charge in [0.25, 0.3) is 5.91 Å². The molecule has 0 unspecified atom stereocenters. The van der Waals surface area contributed by atoms with E-state index in [1.54, 1.807) is 11.8 Å². The van der Waals surface area contributed by atoms with Crippen molar-refractivity contribution in [2.45, 2.75) is 11.8 Å². The summed E-state index contributed by atoms with van der Waals surface area (Å²) in [5.41, 5.74) is 4.09. The van der Waals surface area contributed by atoms with Gasteiger partial charge in [-0.15, -0.1) is 23.1 Å². The zero-order chi connectivity index (χ0) is 16.2. The van der Waals surface area contributed by atoms with E-state index in [1.165, 1.54) is 16.9 Å². The SMILES string of the molecule is CSc1cccc(NC(=O)c2sccc2-c2ccc(C)cc2)c1. The van der Waals surface area contributed by atoms with Crippen LogP contribution < -0.4 is 5.32 Å². The van der Waals surface area contributed by atoms with Gasteiger partial charge >= 0.3 is 0 Å². The molecule has 2 aromatic carbocycles. The van der Waals surface area contributed by atoms with Crippen molar-refractivity contribution < 1.29 is 4.79 Å². The van der Waals surface area contributed by atoms with E-state index in [0.717, 1.165) is 26.6 Å². The van der Waals surface area contributed by atoms with Crippen molar-refractivity contribution in [2.75, 3.05) is 11.6 Å². The summed E-state index contributed by atoms with van der Waals surface area (Å²) in [5.74, 6) is -0.0613. The first-order chi connectivity index (χ1) is 11.2. The number of carbonyl (C=O) groups excluding carboxylic acids is 1. The van der Waals surface area contributed by atoms with Gasteiger partial charge in [0.05, 0.1) is 4.88 Å². The molecule has 1 heterocycles. The molecule has 0 atom stereocenters. The van der Waals surface area contributed by atoms with Gasteiger partial charge in [0.1, 0.15) is 0 Å². The van der Waals surface area contributed by atoms with E-state index in [9.17, 15) is 4.79 Å². The molecule has 3 aromatic rings. The summed E-state index contributed by atoms with van der Waals surface area (Å²) in [7, 11) is 0. The van der Waals surface area contributed by atoms with E-state index >= 15 is 0 Å². The lowest BCUT2D eigenvalue weighted by Crippen LogP contribution is -2.11. The molecule has 4 heteroatoms. The minimum Gasteiger partial charge on any atom is -0.321 e. The number of thiophene rings is 1. The monoisotopic (exact) mass is 339 g/mol. The lowest BCUT2D eigenvalue weighted by atomic mass is 10.0. The summed E-state index contributed by atoms with van der Waals surface area (Å²) < 4.78 is 0. The van der Waals surface area contributed by atoms with Crippen molar-refractivity contribution >= 4 is 34.7 Å². The minimum atomic E-state index is -0.0613. The van der Waals surface area contributed by atoms with Crippen LogP contribution in [0.2, 0.25) is 0 Å². The van der Waals surface area contributed by atoms with Crippen molar-refractivity contribution in [1.82, 2.24) is 0 Å². The van der Waals surface area contributed by atoms with Gasteiger partial charge in [0, 0.05) is 16.1 Å². The fourth-order valence-corrected chi connectivity index (χ4v) is 3.60. The largest absolute Gasteiger partial charge is 0.321 e. The number of hydrogen-bond donors (Lipinski definition) is 1. The maximum Gasteiger partial charge on any atom is 0.266 e. The van der Waals surface area contributed by atoms with Gasteiger partial charge in [0.15, 0.2) is 0 Å². The van der Waals surface area contributed by atoms with Crippen LogP contribution in [0.1, 0.15) is 15.2 Å². The number of benzene rings is 2. The molecule has 0 bridgehead atoms. The third-order valence-electron chi connectivity index (χ3n) is 3.56. The topological polar surface area (TPSA) is 29.1 Å². The summed E-state index contributed by atoms with van der Waals surface area (Å²) in [6.07, 6.45) is 2.02.